The maximum Gasteiger partial charge on any atom is 0.226 e. The van der Waals surface area contributed by atoms with Crippen LogP contribution >= 0.6 is 0 Å². The van der Waals surface area contributed by atoms with E-state index in [1.54, 1.807) is 0 Å². The molecule has 0 fully saturated rings. The molecule has 0 aliphatic carbocycles. The number of nitrogens with zero attached hydrogens (tertiary/aromatic N) is 1. The third-order valence-corrected chi connectivity index (χ3v) is 2.95. The Bertz CT molecular complexity index is 188. The topological polar surface area (TPSA) is 46.3 Å². The molecule has 0 aliphatic rings. The summed E-state index contributed by atoms with van der Waals surface area (Å²) in [7, 11) is 1.88. The maximum absolute atomic E-state index is 12.0. The van der Waals surface area contributed by atoms with Crippen LogP contribution < -0.4 is 5.73 Å². The number of amides is 1. The van der Waals surface area contributed by atoms with Crippen LogP contribution in [0.15, 0.2) is 0 Å². The van der Waals surface area contributed by atoms with E-state index in [9.17, 15) is 4.79 Å². The van der Waals surface area contributed by atoms with E-state index in [2.05, 4.69) is 20.8 Å². The highest BCUT2D eigenvalue weighted by molar-refractivity contribution is 5.79. The molecular weight excluding hydrogens is 188 g/mol. The van der Waals surface area contributed by atoms with Crippen LogP contribution in [0.25, 0.3) is 0 Å². The number of rotatable bonds is 6. The Morgan fingerprint density at radius 2 is 1.87 bits per heavy atom. The summed E-state index contributed by atoms with van der Waals surface area (Å²) < 4.78 is 0. The fraction of sp³-hybridized carbons (Fsp3) is 0.917. The molecule has 0 saturated carbocycles. The Balaban J connectivity index is 4.29. The van der Waals surface area contributed by atoms with E-state index in [4.69, 9.17) is 5.73 Å². The Morgan fingerprint density at radius 3 is 2.20 bits per heavy atom. The molecule has 0 saturated heterocycles. The van der Waals surface area contributed by atoms with Crippen LogP contribution in [0.3, 0.4) is 0 Å². The number of hydrogen-bond donors (Lipinski definition) is 1. The lowest BCUT2D eigenvalue weighted by Gasteiger charge is -2.29. The second kappa shape index (κ2) is 6.83. The fourth-order valence-electron chi connectivity index (χ4n) is 1.79. The van der Waals surface area contributed by atoms with Gasteiger partial charge in [-0.3, -0.25) is 4.79 Å². The second-order valence-corrected chi connectivity index (χ2v) is 4.77. The van der Waals surface area contributed by atoms with Gasteiger partial charge in [0.15, 0.2) is 0 Å². The zero-order chi connectivity index (χ0) is 12.0. The van der Waals surface area contributed by atoms with Crippen LogP contribution in [0, 0.1) is 11.8 Å². The molecular formula is C12H26N2O. The van der Waals surface area contributed by atoms with Crippen molar-refractivity contribution in [1.29, 1.82) is 0 Å². The molecule has 2 atom stereocenters. The summed E-state index contributed by atoms with van der Waals surface area (Å²) in [4.78, 5) is 13.8. The van der Waals surface area contributed by atoms with Gasteiger partial charge >= 0.3 is 0 Å². The van der Waals surface area contributed by atoms with E-state index >= 15 is 0 Å². The monoisotopic (exact) mass is 214 g/mol. The first-order valence-corrected chi connectivity index (χ1v) is 5.90. The van der Waals surface area contributed by atoms with Crippen LogP contribution in [0.2, 0.25) is 0 Å². The first-order chi connectivity index (χ1) is 6.93. The molecule has 0 bridgehead atoms. The van der Waals surface area contributed by atoms with E-state index in [-0.39, 0.29) is 11.8 Å². The molecule has 0 aromatic heterocycles. The molecule has 0 heterocycles. The lowest BCUT2D eigenvalue weighted by atomic mass is 10.0. The standard InChI is InChI=1S/C12H26N2O/c1-6-11(8-13)12(15)14(5)10(4)7-9(2)3/h9-11H,6-8,13H2,1-5H3. The summed E-state index contributed by atoms with van der Waals surface area (Å²) >= 11 is 0. The van der Waals surface area contributed by atoms with Gasteiger partial charge in [-0.25, -0.2) is 0 Å². The molecule has 0 rings (SSSR count). The van der Waals surface area contributed by atoms with Crippen molar-refractivity contribution in [2.75, 3.05) is 13.6 Å². The highest BCUT2D eigenvalue weighted by atomic mass is 16.2. The Labute approximate surface area is 94.0 Å². The number of hydrogen-bond acceptors (Lipinski definition) is 2. The van der Waals surface area contributed by atoms with Gasteiger partial charge in [-0.05, 0) is 25.7 Å². The molecule has 0 radical (unpaired) electrons. The Morgan fingerprint density at radius 1 is 1.33 bits per heavy atom. The maximum atomic E-state index is 12.0. The van der Waals surface area contributed by atoms with E-state index in [1.807, 2.05) is 18.9 Å². The molecule has 90 valence electrons. The molecule has 2 unspecified atom stereocenters. The number of carbonyl (C=O) groups excluding carboxylic acids is 1. The molecule has 0 aliphatic heterocycles. The average Bonchev–Trinajstić information content (AvgIpc) is 2.17. The van der Waals surface area contributed by atoms with Crippen molar-refractivity contribution >= 4 is 5.91 Å². The summed E-state index contributed by atoms with van der Waals surface area (Å²) in [5, 5.41) is 0. The molecule has 2 N–H and O–H groups in total. The average molecular weight is 214 g/mol. The van der Waals surface area contributed by atoms with E-state index in [1.165, 1.54) is 0 Å². The lowest BCUT2D eigenvalue weighted by Crippen LogP contribution is -2.41. The van der Waals surface area contributed by atoms with Gasteiger partial charge < -0.3 is 10.6 Å². The minimum atomic E-state index is -0.00962. The van der Waals surface area contributed by atoms with Gasteiger partial charge in [-0.1, -0.05) is 20.8 Å². The summed E-state index contributed by atoms with van der Waals surface area (Å²) in [5.74, 6) is 0.797. The van der Waals surface area contributed by atoms with Gasteiger partial charge in [0.1, 0.15) is 0 Å². The first kappa shape index (κ1) is 14.4. The van der Waals surface area contributed by atoms with Gasteiger partial charge in [0.05, 0.1) is 5.92 Å². The van der Waals surface area contributed by atoms with Gasteiger partial charge in [0.2, 0.25) is 5.91 Å². The van der Waals surface area contributed by atoms with Gasteiger partial charge in [0, 0.05) is 19.6 Å². The van der Waals surface area contributed by atoms with Crippen LogP contribution in [-0.2, 0) is 4.79 Å². The van der Waals surface area contributed by atoms with Crippen molar-refractivity contribution in [3.05, 3.63) is 0 Å². The molecule has 1 amide bonds. The van der Waals surface area contributed by atoms with Gasteiger partial charge in [-0.15, -0.1) is 0 Å². The van der Waals surface area contributed by atoms with Crippen LogP contribution in [0.1, 0.15) is 40.5 Å². The van der Waals surface area contributed by atoms with Crippen molar-refractivity contribution in [3.63, 3.8) is 0 Å². The summed E-state index contributed by atoms with van der Waals surface area (Å²) in [6.07, 6.45) is 1.87. The minimum Gasteiger partial charge on any atom is -0.343 e. The molecule has 15 heavy (non-hydrogen) atoms. The normalized spacial score (nSPS) is 15.1. The SMILES string of the molecule is CCC(CN)C(=O)N(C)C(C)CC(C)C. The van der Waals surface area contributed by atoms with Crippen LogP contribution in [0.4, 0.5) is 0 Å². The first-order valence-electron chi connectivity index (χ1n) is 5.90. The molecule has 0 spiro atoms. The highest BCUT2D eigenvalue weighted by Crippen LogP contribution is 2.13. The lowest BCUT2D eigenvalue weighted by molar-refractivity contribution is -0.136. The van der Waals surface area contributed by atoms with Crippen molar-refractivity contribution < 1.29 is 4.79 Å². The van der Waals surface area contributed by atoms with E-state index in [0.29, 0.717) is 18.5 Å². The third-order valence-electron chi connectivity index (χ3n) is 2.95. The highest BCUT2D eigenvalue weighted by Gasteiger charge is 2.22. The van der Waals surface area contributed by atoms with E-state index < -0.39 is 0 Å². The van der Waals surface area contributed by atoms with Crippen molar-refractivity contribution in [2.45, 2.75) is 46.6 Å². The Hall–Kier alpha value is -0.570. The fourth-order valence-corrected chi connectivity index (χ4v) is 1.79. The van der Waals surface area contributed by atoms with Crippen molar-refractivity contribution in [1.82, 2.24) is 4.90 Å². The van der Waals surface area contributed by atoms with Gasteiger partial charge in [-0.2, -0.15) is 0 Å². The Kier molecular flexibility index (Phi) is 6.57. The minimum absolute atomic E-state index is 0.00962. The number of nitrogens with two attached hydrogens (primary N) is 1. The smallest absolute Gasteiger partial charge is 0.226 e. The summed E-state index contributed by atoms with van der Waals surface area (Å²) in [5.41, 5.74) is 5.58. The zero-order valence-corrected chi connectivity index (χ0v) is 10.8. The van der Waals surface area contributed by atoms with Crippen LogP contribution in [0.5, 0.6) is 0 Å². The molecule has 0 aromatic rings. The third kappa shape index (κ3) is 4.65. The van der Waals surface area contributed by atoms with Crippen LogP contribution in [-0.4, -0.2) is 30.4 Å². The molecule has 0 aromatic carbocycles. The summed E-state index contributed by atoms with van der Waals surface area (Å²) in [6, 6.07) is 0.304. The summed E-state index contributed by atoms with van der Waals surface area (Å²) in [6.45, 7) is 8.91. The van der Waals surface area contributed by atoms with Crippen molar-refractivity contribution in [2.24, 2.45) is 17.6 Å². The quantitative estimate of drug-likeness (QED) is 0.733. The van der Waals surface area contributed by atoms with Gasteiger partial charge in [0.25, 0.3) is 0 Å². The largest absolute Gasteiger partial charge is 0.343 e. The molecule has 3 heteroatoms. The predicted octanol–water partition coefficient (Wildman–Crippen LogP) is 1.86. The van der Waals surface area contributed by atoms with E-state index in [0.717, 1.165) is 12.8 Å². The molecule has 3 nitrogen and oxygen atoms in total. The number of carbonyl (C=O) groups is 1. The van der Waals surface area contributed by atoms with Crippen molar-refractivity contribution in [3.8, 4) is 0 Å². The second-order valence-electron chi connectivity index (χ2n) is 4.77. The predicted molar refractivity (Wildman–Crippen MR) is 64.5 cm³/mol. The zero-order valence-electron chi connectivity index (χ0n) is 10.8.